The molecule has 0 saturated carbocycles. The van der Waals surface area contributed by atoms with Crippen LogP contribution in [0.15, 0.2) is 36.5 Å². The van der Waals surface area contributed by atoms with E-state index in [4.69, 9.17) is 14.2 Å². The quantitative estimate of drug-likeness (QED) is 0.0195. The summed E-state index contributed by atoms with van der Waals surface area (Å²) in [6.07, 6.45) is 64.8. The Morgan fingerprint density at radius 2 is 0.821 bits per heavy atom. The molecule has 0 aromatic rings. The first-order chi connectivity index (χ1) is 41.2. The minimum absolute atomic E-state index is 0.129. The summed E-state index contributed by atoms with van der Waals surface area (Å²) < 4.78 is 17.7. The molecule has 0 aromatic carbocycles. The van der Waals surface area contributed by atoms with Gasteiger partial charge in [-0.1, -0.05) is 327 Å². The molecule has 0 aromatic heterocycles. The molecule has 1 aliphatic heterocycles. The van der Waals surface area contributed by atoms with Crippen LogP contribution in [0, 0.1) is 0 Å². The third-order valence-electron chi connectivity index (χ3n) is 17.3. The molecule has 11 heteroatoms. The van der Waals surface area contributed by atoms with E-state index >= 15 is 0 Å². The lowest BCUT2D eigenvalue weighted by Gasteiger charge is -2.41. The van der Waals surface area contributed by atoms with E-state index in [2.05, 4.69) is 50.4 Å². The summed E-state index contributed by atoms with van der Waals surface area (Å²) in [5, 5.41) is 57.2. The highest BCUT2D eigenvalue weighted by Crippen LogP contribution is 2.26. The Labute approximate surface area is 517 Å². The van der Waals surface area contributed by atoms with E-state index in [1.165, 1.54) is 238 Å². The van der Waals surface area contributed by atoms with Crippen molar-refractivity contribution in [2.45, 2.75) is 404 Å². The average Bonchev–Trinajstić information content (AvgIpc) is 3.67. The molecule has 1 amide bonds. The predicted molar refractivity (Wildman–Crippen MR) is 352 cm³/mol. The number of nitrogens with one attached hydrogen (secondary N) is 1. The van der Waals surface area contributed by atoms with Crippen molar-refractivity contribution >= 4 is 11.9 Å². The Morgan fingerprint density at radius 1 is 0.464 bits per heavy atom. The Hall–Kier alpha value is -2.12. The van der Waals surface area contributed by atoms with E-state index in [0.29, 0.717) is 12.8 Å². The lowest BCUT2D eigenvalue weighted by molar-refractivity contribution is -0.305. The maximum absolute atomic E-state index is 13.5. The Morgan fingerprint density at radius 3 is 1.24 bits per heavy atom. The lowest BCUT2D eigenvalue weighted by Crippen LogP contribution is -2.61. The second-order valence-electron chi connectivity index (χ2n) is 25.3. The third kappa shape index (κ3) is 47.9. The zero-order valence-electron chi connectivity index (χ0n) is 55.0. The van der Waals surface area contributed by atoms with Gasteiger partial charge in [0.1, 0.15) is 24.4 Å². The van der Waals surface area contributed by atoms with Gasteiger partial charge in [0.05, 0.1) is 25.4 Å². The van der Waals surface area contributed by atoms with Crippen molar-refractivity contribution in [1.29, 1.82) is 0 Å². The number of hydrogen-bond acceptors (Lipinski definition) is 10. The van der Waals surface area contributed by atoms with Crippen molar-refractivity contribution in [3.8, 4) is 0 Å². The largest absolute Gasteiger partial charge is 0.454 e. The van der Waals surface area contributed by atoms with Crippen molar-refractivity contribution in [2.24, 2.45) is 0 Å². The summed E-state index contributed by atoms with van der Waals surface area (Å²) in [5.41, 5.74) is 0. The molecule has 1 aliphatic rings. The smallest absolute Gasteiger partial charge is 0.306 e. The van der Waals surface area contributed by atoms with Gasteiger partial charge in [0.15, 0.2) is 12.4 Å². The van der Waals surface area contributed by atoms with Crippen LogP contribution in [-0.4, -0.2) is 99.6 Å². The molecular formula is C73H137NO10. The molecule has 0 aliphatic carbocycles. The number of carbonyl (C=O) groups excluding carboxylic acids is 2. The van der Waals surface area contributed by atoms with E-state index in [1.807, 2.05) is 6.08 Å². The van der Waals surface area contributed by atoms with Crippen LogP contribution in [0.4, 0.5) is 0 Å². The van der Waals surface area contributed by atoms with Gasteiger partial charge in [-0.05, 0) is 57.8 Å². The molecule has 6 N–H and O–H groups in total. The number of hydrogen-bond donors (Lipinski definition) is 6. The van der Waals surface area contributed by atoms with Gasteiger partial charge in [0.25, 0.3) is 0 Å². The monoisotopic (exact) mass is 1190 g/mol. The highest BCUT2D eigenvalue weighted by atomic mass is 16.7. The van der Waals surface area contributed by atoms with Gasteiger partial charge in [-0.2, -0.15) is 0 Å². The fourth-order valence-electron chi connectivity index (χ4n) is 11.6. The Balaban J connectivity index is 2.54. The number of rotatable bonds is 63. The fraction of sp³-hybridized carbons (Fsp3) is 0.890. The van der Waals surface area contributed by atoms with Crippen molar-refractivity contribution in [3.05, 3.63) is 36.5 Å². The molecule has 0 radical (unpaired) electrons. The van der Waals surface area contributed by atoms with Gasteiger partial charge in [-0.3, -0.25) is 9.59 Å². The van der Waals surface area contributed by atoms with Crippen molar-refractivity contribution in [2.75, 3.05) is 13.2 Å². The molecule has 0 bridgehead atoms. The minimum Gasteiger partial charge on any atom is -0.454 e. The first kappa shape index (κ1) is 79.9. The van der Waals surface area contributed by atoms with E-state index in [0.717, 1.165) is 70.6 Å². The van der Waals surface area contributed by atoms with Gasteiger partial charge in [0, 0.05) is 6.42 Å². The molecule has 494 valence electrons. The van der Waals surface area contributed by atoms with Crippen LogP contribution in [0.5, 0.6) is 0 Å². The van der Waals surface area contributed by atoms with Crippen molar-refractivity contribution in [1.82, 2.24) is 5.32 Å². The lowest BCUT2D eigenvalue weighted by atomic mass is 9.99. The van der Waals surface area contributed by atoms with Gasteiger partial charge >= 0.3 is 5.97 Å². The highest BCUT2D eigenvalue weighted by molar-refractivity contribution is 5.80. The maximum atomic E-state index is 13.5. The molecule has 1 fully saturated rings. The normalized spacial score (nSPS) is 18.6. The topological polar surface area (TPSA) is 175 Å². The number of ether oxygens (including phenoxy) is 3. The molecule has 0 spiro atoms. The molecule has 8 atom stereocenters. The average molecular weight is 1190 g/mol. The number of amides is 1. The van der Waals surface area contributed by atoms with E-state index < -0.39 is 67.4 Å². The van der Waals surface area contributed by atoms with Crippen molar-refractivity contribution in [3.63, 3.8) is 0 Å². The van der Waals surface area contributed by atoms with Crippen LogP contribution in [0.2, 0.25) is 0 Å². The number of unbranched alkanes of at least 4 members (excludes halogenated alkanes) is 45. The zero-order chi connectivity index (χ0) is 61.0. The number of esters is 1. The van der Waals surface area contributed by atoms with E-state index in [9.17, 15) is 35.1 Å². The highest BCUT2D eigenvalue weighted by Gasteiger charge is 2.47. The maximum Gasteiger partial charge on any atom is 0.306 e. The number of aliphatic hydroxyl groups is 5. The fourth-order valence-corrected chi connectivity index (χ4v) is 11.6. The first-order valence-electron chi connectivity index (χ1n) is 36.3. The number of carbonyl (C=O) groups is 2. The molecular weight excluding hydrogens is 1050 g/mol. The standard InChI is InChI=1S/C73H137NO10/c1-4-7-10-13-16-19-22-25-27-29-31-32-33-34-35-36-37-39-41-43-46-49-52-55-58-61-68(78)84-71-70(80)69(79)67(62-75)83-73(71)82-63-64(65(76)59-56-53-50-47-44-24-21-18-15-12-9-6-3)74-72(81)66(77)60-57-54-51-48-45-42-40-38-30-28-26-23-20-17-14-11-8-5-2/h17,20,26,28,56,59,64-67,69-71,73,75-77,79-80H,4-16,18-19,21-25,27,29-55,57-58,60-63H2,1-3H3,(H,74,81)/b20-17-,28-26-,59-56+. The first-order valence-corrected chi connectivity index (χ1v) is 36.3. The summed E-state index contributed by atoms with van der Waals surface area (Å²) >= 11 is 0. The van der Waals surface area contributed by atoms with Crippen LogP contribution in [-0.2, 0) is 23.8 Å². The van der Waals surface area contributed by atoms with E-state index in [-0.39, 0.29) is 19.4 Å². The molecule has 1 heterocycles. The number of allylic oxidation sites excluding steroid dienone is 5. The second-order valence-corrected chi connectivity index (χ2v) is 25.3. The number of aliphatic hydroxyl groups excluding tert-OH is 5. The van der Waals surface area contributed by atoms with Gasteiger partial charge in [-0.25, -0.2) is 0 Å². The second kappa shape index (κ2) is 61.1. The van der Waals surface area contributed by atoms with Gasteiger partial charge in [0.2, 0.25) is 5.91 Å². The van der Waals surface area contributed by atoms with Crippen LogP contribution in [0.1, 0.15) is 355 Å². The van der Waals surface area contributed by atoms with Crippen LogP contribution >= 0.6 is 0 Å². The molecule has 11 nitrogen and oxygen atoms in total. The van der Waals surface area contributed by atoms with Crippen LogP contribution in [0.3, 0.4) is 0 Å². The van der Waals surface area contributed by atoms with Crippen LogP contribution in [0.25, 0.3) is 0 Å². The predicted octanol–water partition coefficient (Wildman–Crippen LogP) is 18.6. The van der Waals surface area contributed by atoms with Crippen LogP contribution < -0.4 is 5.32 Å². The molecule has 1 rings (SSSR count). The third-order valence-corrected chi connectivity index (χ3v) is 17.3. The summed E-state index contributed by atoms with van der Waals surface area (Å²) in [4.78, 5) is 26.7. The summed E-state index contributed by atoms with van der Waals surface area (Å²) in [7, 11) is 0. The molecule has 8 unspecified atom stereocenters. The minimum atomic E-state index is -1.61. The summed E-state index contributed by atoms with van der Waals surface area (Å²) in [6, 6.07) is -1.02. The Bertz CT molecular complexity index is 1510. The molecule has 84 heavy (non-hydrogen) atoms. The summed E-state index contributed by atoms with van der Waals surface area (Å²) in [6.45, 7) is 5.82. The van der Waals surface area contributed by atoms with Crippen molar-refractivity contribution < 1.29 is 49.3 Å². The van der Waals surface area contributed by atoms with E-state index in [1.54, 1.807) is 6.08 Å². The summed E-state index contributed by atoms with van der Waals surface area (Å²) in [5.74, 6) is -1.18. The molecule has 1 saturated heterocycles. The Kier molecular flexibility index (Phi) is 58.1. The SMILES string of the molecule is CCCCC/C=C\C/C=C\CCCCCCCCCCC(O)C(=O)NC(COC1OC(CO)C(O)C(O)C1OC(=O)CCCCCCCCCCCCCCCCCCCCCCCCCCC)C(O)/C=C/CCCCCCCCCCCC. The zero-order valence-corrected chi connectivity index (χ0v) is 55.0. The van der Waals surface area contributed by atoms with Gasteiger partial charge in [-0.15, -0.1) is 0 Å². The van der Waals surface area contributed by atoms with Gasteiger partial charge < -0.3 is 45.1 Å².